The van der Waals surface area contributed by atoms with Gasteiger partial charge in [0.15, 0.2) is 6.29 Å². The number of carbonyl (C=O) groups excluding carboxylic acids is 2. The Morgan fingerprint density at radius 2 is 2.20 bits per heavy atom. The van der Waals surface area contributed by atoms with Crippen molar-refractivity contribution in [2.45, 2.75) is 26.4 Å². The third-order valence-electron chi connectivity index (χ3n) is 1.44. The maximum Gasteiger partial charge on any atom is 0.414 e. The highest BCUT2D eigenvalue weighted by Gasteiger charge is 2.18. The zero-order valence-corrected chi connectivity index (χ0v) is 8.87. The van der Waals surface area contributed by atoms with Crippen molar-refractivity contribution in [1.82, 2.24) is 0 Å². The average molecular weight is 211 g/mol. The van der Waals surface area contributed by atoms with Crippen molar-refractivity contribution in [2.75, 3.05) is 5.32 Å². The summed E-state index contributed by atoms with van der Waals surface area (Å²) in [6.07, 6.45) is 1.26. The molecule has 0 bridgehead atoms. The fourth-order valence-corrected chi connectivity index (χ4v) is 0.910. The first-order valence-electron chi connectivity index (χ1n) is 4.45. The van der Waals surface area contributed by atoms with Gasteiger partial charge in [-0.2, -0.15) is 0 Å². The SMILES string of the molecule is CC(C)(C)OC(=O)Nc1occc1C=O. The molecule has 1 aromatic rings. The molecule has 0 saturated heterocycles. The van der Waals surface area contributed by atoms with Gasteiger partial charge >= 0.3 is 6.09 Å². The average Bonchev–Trinajstić information content (AvgIpc) is 2.48. The Kier molecular flexibility index (Phi) is 3.14. The topological polar surface area (TPSA) is 68.5 Å². The number of aldehydes is 1. The lowest BCUT2D eigenvalue weighted by Crippen LogP contribution is -2.27. The van der Waals surface area contributed by atoms with Gasteiger partial charge in [-0.1, -0.05) is 0 Å². The van der Waals surface area contributed by atoms with Crippen molar-refractivity contribution in [3.63, 3.8) is 0 Å². The van der Waals surface area contributed by atoms with E-state index >= 15 is 0 Å². The Balaban J connectivity index is 2.63. The molecule has 0 aliphatic rings. The highest BCUT2D eigenvalue weighted by molar-refractivity contribution is 5.90. The van der Waals surface area contributed by atoms with E-state index in [0.29, 0.717) is 6.29 Å². The van der Waals surface area contributed by atoms with Crippen LogP contribution in [0.25, 0.3) is 0 Å². The number of carbonyl (C=O) groups is 2. The molecule has 0 aliphatic carbocycles. The van der Waals surface area contributed by atoms with Crippen molar-refractivity contribution in [2.24, 2.45) is 0 Å². The third-order valence-corrected chi connectivity index (χ3v) is 1.44. The molecule has 0 aromatic carbocycles. The van der Waals surface area contributed by atoms with Crippen LogP contribution in [0.3, 0.4) is 0 Å². The molecule has 0 radical (unpaired) electrons. The zero-order valence-electron chi connectivity index (χ0n) is 8.87. The summed E-state index contributed by atoms with van der Waals surface area (Å²) in [5.41, 5.74) is -0.307. The van der Waals surface area contributed by atoms with E-state index in [1.807, 2.05) is 0 Å². The quantitative estimate of drug-likeness (QED) is 0.763. The Bertz CT molecular complexity index is 362. The number of hydrogen-bond donors (Lipinski definition) is 1. The molecule has 0 spiro atoms. The van der Waals surface area contributed by atoms with E-state index in [4.69, 9.17) is 9.15 Å². The van der Waals surface area contributed by atoms with Crippen molar-refractivity contribution in [3.05, 3.63) is 17.9 Å². The molecular weight excluding hydrogens is 198 g/mol. The monoisotopic (exact) mass is 211 g/mol. The van der Waals surface area contributed by atoms with Gasteiger partial charge in [-0.15, -0.1) is 0 Å². The summed E-state index contributed by atoms with van der Waals surface area (Å²) >= 11 is 0. The maximum atomic E-state index is 11.3. The summed E-state index contributed by atoms with van der Waals surface area (Å²) in [6.45, 7) is 5.24. The minimum atomic E-state index is -0.652. The highest BCUT2D eigenvalue weighted by Crippen LogP contribution is 2.16. The Morgan fingerprint density at radius 3 is 2.73 bits per heavy atom. The van der Waals surface area contributed by atoms with Crippen LogP contribution in [0.1, 0.15) is 31.1 Å². The van der Waals surface area contributed by atoms with Crippen LogP contribution in [-0.4, -0.2) is 18.0 Å². The molecule has 1 amide bonds. The second-order valence-electron chi connectivity index (χ2n) is 3.95. The smallest absolute Gasteiger partial charge is 0.414 e. The molecule has 15 heavy (non-hydrogen) atoms. The van der Waals surface area contributed by atoms with E-state index in [0.717, 1.165) is 0 Å². The van der Waals surface area contributed by atoms with Crippen LogP contribution in [-0.2, 0) is 4.74 Å². The van der Waals surface area contributed by atoms with E-state index in [1.165, 1.54) is 12.3 Å². The summed E-state index contributed by atoms with van der Waals surface area (Å²) in [5, 5.41) is 2.34. The van der Waals surface area contributed by atoms with Crippen molar-refractivity contribution in [1.29, 1.82) is 0 Å². The summed E-state index contributed by atoms with van der Waals surface area (Å²) in [4.78, 5) is 21.8. The predicted octanol–water partition coefficient (Wildman–Crippen LogP) is 2.44. The van der Waals surface area contributed by atoms with Crippen LogP contribution in [0.4, 0.5) is 10.7 Å². The number of ether oxygens (including phenoxy) is 1. The second-order valence-corrected chi connectivity index (χ2v) is 3.95. The van der Waals surface area contributed by atoms with Gasteiger partial charge in [-0.05, 0) is 26.8 Å². The van der Waals surface area contributed by atoms with Crippen LogP contribution in [0.2, 0.25) is 0 Å². The van der Waals surface area contributed by atoms with E-state index < -0.39 is 11.7 Å². The maximum absolute atomic E-state index is 11.3. The molecule has 0 unspecified atom stereocenters. The molecule has 5 nitrogen and oxygen atoms in total. The first-order chi connectivity index (χ1) is 6.92. The van der Waals surface area contributed by atoms with Crippen LogP contribution < -0.4 is 5.32 Å². The van der Waals surface area contributed by atoms with E-state index in [2.05, 4.69) is 5.32 Å². The third kappa shape index (κ3) is 3.46. The number of hydrogen-bond acceptors (Lipinski definition) is 4. The Hall–Kier alpha value is -1.78. The molecular formula is C10H13NO4. The van der Waals surface area contributed by atoms with Gasteiger partial charge in [0.25, 0.3) is 0 Å². The fourth-order valence-electron chi connectivity index (χ4n) is 0.910. The molecule has 5 heteroatoms. The molecule has 0 atom stereocenters. The standard InChI is InChI=1S/C10H13NO4/c1-10(2,3)15-9(13)11-8-7(6-12)4-5-14-8/h4-6H,1-3H3,(H,11,13). The Labute approximate surface area is 87.4 Å². The van der Waals surface area contributed by atoms with E-state index in [1.54, 1.807) is 20.8 Å². The van der Waals surface area contributed by atoms with Crippen molar-refractivity contribution in [3.8, 4) is 0 Å². The van der Waals surface area contributed by atoms with Gasteiger partial charge in [0.05, 0.1) is 11.8 Å². The lowest BCUT2D eigenvalue weighted by molar-refractivity contribution is 0.0632. The van der Waals surface area contributed by atoms with E-state index in [-0.39, 0.29) is 11.4 Å². The molecule has 82 valence electrons. The molecule has 0 aliphatic heterocycles. The minimum Gasteiger partial charge on any atom is -0.448 e. The lowest BCUT2D eigenvalue weighted by Gasteiger charge is -2.19. The van der Waals surface area contributed by atoms with Gasteiger partial charge in [-0.25, -0.2) is 4.79 Å². The van der Waals surface area contributed by atoms with Crippen LogP contribution in [0.5, 0.6) is 0 Å². The Morgan fingerprint density at radius 1 is 1.53 bits per heavy atom. The van der Waals surface area contributed by atoms with Gasteiger partial charge in [-0.3, -0.25) is 10.1 Å². The fraction of sp³-hybridized carbons (Fsp3) is 0.400. The number of nitrogens with one attached hydrogen (secondary N) is 1. The van der Waals surface area contributed by atoms with Gasteiger partial charge < -0.3 is 9.15 Å². The summed E-state index contributed by atoms with van der Waals surface area (Å²) in [5.74, 6) is 0.0965. The lowest BCUT2D eigenvalue weighted by atomic mass is 10.2. The predicted molar refractivity (Wildman–Crippen MR) is 54.0 cm³/mol. The second kappa shape index (κ2) is 4.16. The van der Waals surface area contributed by atoms with Crippen LogP contribution >= 0.6 is 0 Å². The number of amides is 1. The van der Waals surface area contributed by atoms with Gasteiger partial charge in [0, 0.05) is 0 Å². The summed E-state index contributed by atoms with van der Waals surface area (Å²) < 4.78 is 9.88. The van der Waals surface area contributed by atoms with Crippen LogP contribution in [0, 0.1) is 0 Å². The molecule has 0 fully saturated rings. The van der Waals surface area contributed by atoms with Crippen LogP contribution in [0.15, 0.2) is 16.7 Å². The number of anilines is 1. The number of furan rings is 1. The minimum absolute atomic E-state index is 0.0965. The molecule has 1 N–H and O–H groups in total. The molecule has 1 heterocycles. The highest BCUT2D eigenvalue weighted by atomic mass is 16.6. The molecule has 1 aromatic heterocycles. The van der Waals surface area contributed by atoms with E-state index in [9.17, 15) is 9.59 Å². The van der Waals surface area contributed by atoms with Gasteiger partial charge in [0.2, 0.25) is 5.88 Å². The van der Waals surface area contributed by atoms with Crippen molar-refractivity contribution >= 4 is 18.3 Å². The summed E-state index contributed by atoms with van der Waals surface area (Å²) in [7, 11) is 0. The molecule has 0 saturated carbocycles. The van der Waals surface area contributed by atoms with Crippen molar-refractivity contribution < 1.29 is 18.7 Å². The number of rotatable bonds is 2. The first-order valence-corrected chi connectivity index (χ1v) is 4.45. The molecule has 1 rings (SSSR count). The largest absolute Gasteiger partial charge is 0.448 e. The first kappa shape index (κ1) is 11.3. The zero-order chi connectivity index (χ0) is 11.5. The normalized spacial score (nSPS) is 10.9. The summed E-state index contributed by atoms with van der Waals surface area (Å²) in [6, 6.07) is 1.46. The van der Waals surface area contributed by atoms with Gasteiger partial charge in [0.1, 0.15) is 5.60 Å².